The van der Waals surface area contributed by atoms with Crippen molar-refractivity contribution in [3.8, 4) is 11.5 Å². The molecule has 5 nitrogen and oxygen atoms in total. The quantitative estimate of drug-likeness (QED) is 0.709. The van der Waals surface area contributed by atoms with Gasteiger partial charge in [0.05, 0.1) is 19.9 Å². The van der Waals surface area contributed by atoms with Crippen molar-refractivity contribution in [3.05, 3.63) is 18.2 Å². The molecule has 0 bridgehead atoms. The van der Waals surface area contributed by atoms with E-state index >= 15 is 0 Å². The zero-order chi connectivity index (χ0) is 18.1. The van der Waals surface area contributed by atoms with Crippen LogP contribution in [0.2, 0.25) is 0 Å². The number of anilines is 1. The van der Waals surface area contributed by atoms with E-state index in [1.807, 2.05) is 6.07 Å². The summed E-state index contributed by atoms with van der Waals surface area (Å²) in [5.74, 6) is 2.16. The summed E-state index contributed by atoms with van der Waals surface area (Å²) < 4.78 is 10.5. The second kappa shape index (κ2) is 10.3. The molecule has 0 heterocycles. The van der Waals surface area contributed by atoms with Crippen LogP contribution in [0.15, 0.2) is 18.2 Å². The second-order valence-electron chi connectivity index (χ2n) is 6.97. The van der Waals surface area contributed by atoms with Crippen molar-refractivity contribution in [1.29, 1.82) is 0 Å². The molecule has 1 aromatic carbocycles. The first-order valence-corrected chi connectivity index (χ1v) is 9.37. The minimum atomic E-state index is -0.0128. The average Bonchev–Trinajstić information content (AvgIpc) is 2.62. The first kappa shape index (κ1) is 19.6. The SMILES string of the molecule is COc1ccc(NC(=O)CC(C)NCCC2CCCCC2)c(OC)c1. The Balaban J connectivity index is 1.73. The van der Waals surface area contributed by atoms with Crippen molar-refractivity contribution in [1.82, 2.24) is 5.32 Å². The first-order valence-electron chi connectivity index (χ1n) is 9.37. The molecule has 0 aromatic heterocycles. The molecular weight excluding hydrogens is 316 g/mol. The van der Waals surface area contributed by atoms with Crippen LogP contribution in [0.25, 0.3) is 0 Å². The fourth-order valence-corrected chi connectivity index (χ4v) is 3.46. The van der Waals surface area contributed by atoms with Gasteiger partial charge in [0.25, 0.3) is 0 Å². The Hall–Kier alpha value is -1.75. The standard InChI is InChI=1S/C20H32N2O3/c1-15(21-12-11-16-7-5-4-6-8-16)13-20(23)22-18-10-9-17(24-2)14-19(18)25-3/h9-10,14-16,21H,4-8,11-13H2,1-3H3,(H,22,23). The van der Waals surface area contributed by atoms with E-state index in [0.717, 1.165) is 12.5 Å². The number of nitrogens with one attached hydrogen (secondary N) is 2. The highest BCUT2D eigenvalue weighted by Crippen LogP contribution is 2.29. The smallest absolute Gasteiger partial charge is 0.226 e. The van der Waals surface area contributed by atoms with Gasteiger partial charge in [0.15, 0.2) is 0 Å². The third-order valence-electron chi connectivity index (χ3n) is 4.94. The molecule has 0 radical (unpaired) electrons. The zero-order valence-corrected chi connectivity index (χ0v) is 15.8. The highest BCUT2D eigenvalue weighted by atomic mass is 16.5. The van der Waals surface area contributed by atoms with Crippen molar-refractivity contribution in [2.45, 2.75) is 57.9 Å². The van der Waals surface area contributed by atoms with Gasteiger partial charge >= 0.3 is 0 Å². The summed E-state index contributed by atoms with van der Waals surface area (Å²) in [6.07, 6.45) is 8.56. The van der Waals surface area contributed by atoms with Crippen molar-refractivity contribution < 1.29 is 14.3 Å². The second-order valence-corrected chi connectivity index (χ2v) is 6.97. The van der Waals surface area contributed by atoms with E-state index in [1.165, 1.54) is 38.5 Å². The van der Waals surface area contributed by atoms with Gasteiger partial charge in [0, 0.05) is 18.5 Å². The normalized spacial score (nSPS) is 16.3. The minimum Gasteiger partial charge on any atom is -0.497 e. The molecule has 2 rings (SSSR count). The molecule has 1 atom stereocenters. The van der Waals surface area contributed by atoms with Crippen LogP contribution in [0.4, 0.5) is 5.69 Å². The van der Waals surface area contributed by atoms with E-state index in [0.29, 0.717) is 23.6 Å². The highest BCUT2D eigenvalue weighted by molar-refractivity contribution is 5.92. The predicted octanol–water partition coefficient (Wildman–Crippen LogP) is 3.98. The highest BCUT2D eigenvalue weighted by Gasteiger charge is 2.15. The molecule has 1 aromatic rings. The van der Waals surface area contributed by atoms with E-state index in [4.69, 9.17) is 9.47 Å². The molecule has 0 spiro atoms. The van der Waals surface area contributed by atoms with Crippen LogP contribution < -0.4 is 20.1 Å². The molecule has 1 amide bonds. The molecule has 5 heteroatoms. The molecule has 0 aliphatic heterocycles. The van der Waals surface area contributed by atoms with E-state index < -0.39 is 0 Å². The zero-order valence-electron chi connectivity index (χ0n) is 15.8. The molecule has 1 fully saturated rings. The van der Waals surface area contributed by atoms with Crippen LogP contribution in [0.1, 0.15) is 51.9 Å². The molecule has 2 N–H and O–H groups in total. The lowest BCUT2D eigenvalue weighted by atomic mass is 9.87. The van der Waals surface area contributed by atoms with E-state index in [1.54, 1.807) is 26.4 Å². The summed E-state index contributed by atoms with van der Waals surface area (Å²) in [5.41, 5.74) is 0.669. The molecule has 140 valence electrons. The van der Waals surface area contributed by atoms with Gasteiger partial charge in [-0.2, -0.15) is 0 Å². The lowest BCUT2D eigenvalue weighted by molar-refractivity contribution is -0.116. The minimum absolute atomic E-state index is 0.0128. The van der Waals surface area contributed by atoms with Gasteiger partial charge < -0.3 is 20.1 Å². The number of amides is 1. The van der Waals surface area contributed by atoms with Crippen molar-refractivity contribution in [2.24, 2.45) is 5.92 Å². The van der Waals surface area contributed by atoms with E-state index in [2.05, 4.69) is 17.6 Å². The Bertz CT molecular complexity index is 542. The number of ether oxygens (including phenoxy) is 2. The third-order valence-corrected chi connectivity index (χ3v) is 4.94. The Labute approximate surface area is 151 Å². The van der Waals surface area contributed by atoms with Gasteiger partial charge in [0.2, 0.25) is 5.91 Å². The van der Waals surface area contributed by atoms with Gasteiger partial charge in [-0.3, -0.25) is 4.79 Å². The van der Waals surface area contributed by atoms with Crippen molar-refractivity contribution in [2.75, 3.05) is 26.1 Å². The summed E-state index contributed by atoms with van der Waals surface area (Å²) in [7, 11) is 3.19. The number of benzene rings is 1. The van der Waals surface area contributed by atoms with Crippen LogP contribution in [0.3, 0.4) is 0 Å². The maximum Gasteiger partial charge on any atom is 0.226 e. The van der Waals surface area contributed by atoms with Crippen molar-refractivity contribution in [3.63, 3.8) is 0 Å². The molecule has 25 heavy (non-hydrogen) atoms. The summed E-state index contributed by atoms with van der Waals surface area (Å²) >= 11 is 0. The number of carbonyl (C=O) groups excluding carboxylic acids is 1. The van der Waals surface area contributed by atoms with E-state index in [9.17, 15) is 4.79 Å². The topological polar surface area (TPSA) is 59.6 Å². The lowest BCUT2D eigenvalue weighted by Gasteiger charge is -2.22. The van der Waals surface area contributed by atoms with Crippen LogP contribution in [-0.4, -0.2) is 32.7 Å². The van der Waals surface area contributed by atoms with Crippen LogP contribution in [0, 0.1) is 5.92 Å². The number of methoxy groups -OCH3 is 2. The van der Waals surface area contributed by atoms with Gasteiger partial charge in [-0.05, 0) is 37.9 Å². The molecule has 1 saturated carbocycles. The van der Waals surface area contributed by atoms with E-state index in [-0.39, 0.29) is 11.9 Å². The fourth-order valence-electron chi connectivity index (χ4n) is 3.46. The molecule has 0 saturated heterocycles. The Morgan fingerprint density at radius 2 is 1.96 bits per heavy atom. The molecule has 1 unspecified atom stereocenters. The maximum absolute atomic E-state index is 12.3. The maximum atomic E-state index is 12.3. The number of hydrogen-bond donors (Lipinski definition) is 2. The molecule has 1 aliphatic rings. The lowest BCUT2D eigenvalue weighted by Crippen LogP contribution is -2.32. The molecular formula is C20H32N2O3. The number of carbonyl (C=O) groups is 1. The number of hydrogen-bond acceptors (Lipinski definition) is 4. The fraction of sp³-hybridized carbons (Fsp3) is 0.650. The monoisotopic (exact) mass is 348 g/mol. The van der Waals surface area contributed by atoms with Crippen LogP contribution in [0.5, 0.6) is 11.5 Å². The van der Waals surface area contributed by atoms with Gasteiger partial charge in [-0.15, -0.1) is 0 Å². The Morgan fingerprint density at radius 3 is 2.64 bits per heavy atom. The van der Waals surface area contributed by atoms with Gasteiger partial charge in [0.1, 0.15) is 11.5 Å². The summed E-state index contributed by atoms with van der Waals surface area (Å²) in [4.78, 5) is 12.3. The molecule has 1 aliphatic carbocycles. The third kappa shape index (κ3) is 6.58. The number of rotatable bonds is 9. The average molecular weight is 348 g/mol. The first-order chi connectivity index (χ1) is 12.1. The van der Waals surface area contributed by atoms with Crippen LogP contribution in [-0.2, 0) is 4.79 Å². The van der Waals surface area contributed by atoms with Crippen molar-refractivity contribution >= 4 is 11.6 Å². The largest absolute Gasteiger partial charge is 0.497 e. The summed E-state index contributed by atoms with van der Waals surface area (Å²) in [5, 5.41) is 6.41. The Kier molecular flexibility index (Phi) is 8.06. The summed E-state index contributed by atoms with van der Waals surface area (Å²) in [6, 6.07) is 5.54. The summed E-state index contributed by atoms with van der Waals surface area (Å²) in [6.45, 7) is 3.05. The Morgan fingerprint density at radius 1 is 1.20 bits per heavy atom. The van der Waals surface area contributed by atoms with Gasteiger partial charge in [-0.1, -0.05) is 32.1 Å². The van der Waals surface area contributed by atoms with Crippen LogP contribution >= 0.6 is 0 Å². The van der Waals surface area contributed by atoms with Gasteiger partial charge in [-0.25, -0.2) is 0 Å². The predicted molar refractivity (Wildman–Crippen MR) is 101 cm³/mol.